The van der Waals surface area contributed by atoms with Crippen molar-refractivity contribution < 1.29 is 51.3 Å². The van der Waals surface area contributed by atoms with Crippen molar-refractivity contribution in [2.75, 3.05) is 19.8 Å². The van der Waals surface area contributed by atoms with Crippen molar-refractivity contribution in [2.45, 2.75) is 31.7 Å². The number of aryl methyl sites for hydroxylation is 1. The monoisotopic (exact) mass is 562 g/mol. The predicted molar refractivity (Wildman–Crippen MR) is 126 cm³/mol. The molecule has 4 aromatic rings. The lowest BCUT2D eigenvalue weighted by Crippen LogP contribution is -2.24. The molecule has 0 radical (unpaired) electrons. The second kappa shape index (κ2) is 10.9. The molecule has 5 rings (SSSR count). The lowest BCUT2D eigenvalue weighted by molar-refractivity contribution is -0.155. The van der Waals surface area contributed by atoms with Crippen molar-refractivity contribution in [3.63, 3.8) is 0 Å². The van der Waals surface area contributed by atoms with Gasteiger partial charge in [-0.3, -0.25) is 4.40 Å². The minimum atomic E-state index is -4.72. The van der Waals surface area contributed by atoms with Crippen LogP contribution < -0.4 is 4.74 Å². The summed E-state index contributed by atoms with van der Waals surface area (Å²) in [5, 5.41) is 12.5. The van der Waals surface area contributed by atoms with Gasteiger partial charge < -0.3 is 28.6 Å². The predicted octanol–water partition coefficient (Wildman–Crippen LogP) is 3.35. The summed E-state index contributed by atoms with van der Waals surface area (Å²) in [7, 11) is 0. The van der Waals surface area contributed by atoms with Crippen LogP contribution in [0.5, 0.6) is 11.6 Å². The maximum atomic E-state index is 13.3. The Bertz CT molecular complexity index is 1550. The number of aromatic nitrogens is 4. The summed E-state index contributed by atoms with van der Waals surface area (Å²) in [4.78, 5) is 32.6. The van der Waals surface area contributed by atoms with Crippen LogP contribution >= 0.6 is 0 Å². The van der Waals surface area contributed by atoms with Gasteiger partial charge in [0.05, 0.1) is 35.7 Å². The number of benzene rings is 1. The highest BCUT2D eigenvalue weighted by Gasteiger charge is 2.38. The van der Waals surface area contributed by atoms with Crippen LogP contribution in [0, 0.1) is 6.92 Å². The number of rotatable bonds is 8. The van der Waals surface area contributed by atoms with Crippen LogP contribution in [0.4, 0.5) is 13.2 Å². The van der Waals surface area contributed by atoms with Gasteiger partial charge in [-0.1, -0.05) is 5.16 Å². The number of carbonyl (C=O) groups excluding carboxylic acids is 2. The summed E-state index contributed by atoms with van der Waals surface area (Å²) in [6.07, 6.45) is -1.26. The molecule has 1 saturated heterocycles. The average Bonchev–Trinajstić information content (AvgIpc) is 3.66. The van der Waals surface area contributed by atoms with E-state index in [1.54, 1.807) is 13.0 Å². The van der Waals surface area contributed by atoms with Crippen LogP contribution in [0.3, 0.4) is 0 Å². The molecule has 1 fully saturated rings. The summed E-state index contributed by atoms with van der Waals surface area (Å²) in [5.41, 5.74) is -0.529. The van der Waals surface area contributed by atoms with Gasteiger partial charge in [0.25, 0.3) is 5.88 Å². The first kappa shape index (κ1) is 27.1. The number of halogens is 3. The molecule has 2 atom stereocenters. The molecule has 0 aliphatic carbocycles. The second-order valence-corrected chi connectivity index (χ2v) is 8.74. The van der Waals surface area contributed by atoms with Crippen molar-refractivity contribution >= 4 is 17.6 Å². The lowest BCUT2D eigenvalue weighted by atomic mass is 10.1. The smallest absolute Gasteiger partial charge is 0.437 e. The van der Waals surface area contributed by atoms with Crippen LogP contribution in [-0.4, -0.2) is 68.6 Å². The van der Waals surface area contributed by atoms with Crippen LogP contribution in [0.2, 0.25) is 0 Å². The van der Waals surface area contributed by atoms with Gasteiger partial charge in [-0.2, -0.15) is 13.2 Å². The molecule has 1 aromatic carbocycles. The highest BCUT2D eigenvalue weighted by molar-refractivity contribution is 5.91. The first-order chi connectivity index (χ1) is 19.1. The number of ether oxygens (including phenoxy) is 4. The highest BCUT2D eigenvalue weighted by Crippen LogP contribution is 2.37. The van der Waals surface area contributed by atoms with Gasteiger partial charge in [0, 0.05) is 18.8 Å². The molecule has 1 aliphatic heterocycles. The zero-order valence-electron chi connectivity index (χ0n) is 20.8. The molecule has 3 aromatic heterocycles. The Kier molecular flexibility index (Phi) is 7.40. The molecule has 4 heterocycles. The van der Waals surface area contributed by atoms with Crippen molar-refractivity contribution in [1.29, 1.82) is 0 Å². The molecule has 1 N–H and O–H groups in total. The Labute approximate surface area is 223 Å². The van der Waals surface area contributed by atoms with Crippen molar-refractivity contribution in [1.82, 2.24) is 19.5 Å². The summed E-state index contributed by atoms with van der Waals surface area (Å²) in [6, 6.07) is 4.51. The largest absolute Gasteiger partial charge is 0.460 e. The quantitative estimate of drug-likeness (QED) is 0.249. The Morgan fingerprint density at radius 3 is 2.73 bits per heavy atom. The average molecular weight is 562 g/mol. The zero-order valence-corrected chi connectivity index (χ0v) is 20.8. The van der Waals surface area contributed by atoms with E-state index in [1.807, 2.05) is 0 Å². The molecule has 0 bridgehead atoms. The van der Waals surface area contributed by atoms with E-state index in [0.717, 1.165) is 6.26 Å². The van der Waals surface area contributed by atoms with E-state index >= 15 is 0 Å². The fourth-order valence-corrected chi connectivity index (χ4v) is 4.05. The molecule has 0 amide bonds. The fourth-order valence-electron chi connectivity index (χ4n) is 4.05. The Balaban J connectivity index is 1.23. The molecule has 0 unspecified atom stereocenters. The number of imidazole rings is 1. The maximum absolute atomic E-state index is 13.3. The van der Waals surface area contributed by atoms with Crippen molar-refractivity contribution in [3.05, 3.63) is 59.9 Å². The minimum absolute atomic E-state index is 0.00839. The summed E-state index contributed by atoms with van der Waals surface area (Å²) in [6.45, 7) is 1.35. The third-order valence-corrected chi connectivity index (χ3v) is 5.94. The third kappa shape index (κ3) is 5.60. The van der Waals surface area contributed by atoms with Crippen LogP contribution in [0.25, 0.3) is 16.9 Å². The van der Waals surface area contributed by atoms with E-state index < -0.39 is 36.0 Å². The van der Waals surface area contributed by atoms with E-state index in [4.69, 9.17) is 18.9 Å². The van der Waals surface area contributed by atoms with E-state index in [-0.39, 0.29) is 60.3 Å². The normalized spacial score (nSPS) is 17.2. The van der Waals surface area contributed by atoms with Gasteiger partial charge in [0.1, 0.15) is 25.2 Å². The first-order valence-electron chi connectivity index (χ1n) is 11.9. The fraction of sp³-hybridized carbons (Fsp3) is 0.320. The first-order valence-corrected chi connectivity index (χ1v) is 11.9. The highest BCUT2D eigenvalue weighted by atomic mass is 19.4. The number of nitrogens with zero attached hydrogens (tertiary/aromatic N) is 4. The molecular weight excluding hydrogens is 541 g/mol. The van der Waals surface area contributed by atoms with Crippen LogP contribution in [-0.2, 0) is 25.2 Å². The van der Waals surface area contributed by atoms with E-state index in [0.29, 0.717) is 5.56 Å². The Hall–Kier alpha value is -4.50. The summed E-state index contributed by atoms with van der Waals surface area (Å²) < 4.78 is 66.9. The number of esters is 2. The standard InChI is InChI=1S/C25H21F3N4O8/c1-13-8-15(2-3-16(13)23(34)36-6-7-37-24(35)19-9-14(33)11-38-19)40-22-21-30-10-18(32(21)5-4-29-22)17-12-39-31-20(17)25(26,27)28/h2-5,8,10,12,14,19,33H,6-7,9,11H2,1H3/t14-,19+/m1/s1. The third-order valence-electron chi connectivity index (χ3n) is 5.94. The molecule has 210 valence electrons. The number of hydrogen-bond acceptors (Lipinski definition) is 11. The Morgan fingerprint density at radius 2 is 2.00 bits per heavy atom. The molecule has 40 heavy (non-hydrogen) atoms. The number of carbonyl (C=O) groups is 2. The molecule has 0 saturated carbocycles. The number of fused-ring (bicyclic) bond motifs is 1. The van der Waals surface area contributed by atoms with Crippen LogP contribution in [0.1, 0.15) is 28.0 Å². The number of hydrogen-bond donors (Lipinski definition) is 1. The van der Waals surface area contributed by atoms with Gasteiger partial charge in [-0.05, 0) is 30.7 Å². The molecular formula is C25H21F3N4O8. The van der Waals surface area contributed by atoms with Crippen molar-refractivity contribution in [3.8, 4) is 22.9 Å². The Morgan fingerprint density at radius 1 is 1.20 bits per heavy atom. The SMILES string of the molecule is Cc1cc(Oc2nccn3c(-c4conc4C(F)(F)F)cnc23)ccc1C(=O)OCCOC(=O)[C@@H]1C[C@@H](O)CO1. The van der Waals surface area contributed by atoms with E-state index in [9.17, 15) is 27.9 Å². The van der Waals surface area contributed by atoms with Gasteiger partial charge in [0.15, 0.2) is 11.8 Å². The molecule has 12 nitrogen and oxygen atoms in total. The van der Waals surface area contributed by atoms with E-state index in [2.05, 4.69) is 19.6 Å². The molecule has 1 aliphatic rings. The molecule has 15 heteroatoms. The van der Waals surface area contributed by atoms with Gasteiger partial charge in [-0.25, -0.2) is 19.6 Å². The van der Waals surface area contributed by atoms with E-state index in [1.165, 1.54) is 35.1 Å². The number of aliphatic hydroxyl groups excluding tert-OH is 1. The lowest BCUT2D eigenvalue weighted by Gasteiger charge is -2.11. The molecule has 0 spiro atoms. The van der Waals surface area contributed by atoms with Crippen molar-refractivity contribution in [2.24, 2.45) is 0 Å². The maximum Gasteiger partial charge on any atom is 0.437 e. The zero-order chi connectivity index (χ0) is 28.4. The number of aliphatic hydroxyl groups is 1. The van der Waals surface area contributed by atoms with Gasteiger partial charge in [0.2, 0.25) is 5.65 Å². The van der Waals surface area contributed by atoms with Gasteiger partial charge >= 0.3 is 18.1 Å². The second-order valence-electron chi connectivity index (χ2n) is 8.74. The number of alkyl halides is 3. The summed E-state index contributed by atoms with van der Waals surface area (Å²) in [5.74, 6) is -0.998. The minimum Gasteiger partial charge on any atom is -0.460 e. The summed E-state index contributed by atoms with van der Waals surface area (Å²) >= 11 is 0. The van der Waals surface area contributed by atoms with Gasteiger partial charge in [-0.15, -0.1) is 0 Å². The van der Waals surface area contributed by atoms with Crippen LogP contribution in [0.15, 0.2) is 47.6 Å². The topological polar surface area (TPSA) is 148 Å².